The third kappa shape index (κ3) is 2.84. The summed E-state index contributed by atoms with van der Waals surface area (Å²) in [6.07, 6.45) is 1.54. The number of nitrogens with two attached hydrogens (primary N) is 2. The van der Waals surface area contributed by atoms with Crippen LogP contribution >= 0.6 is 0 Å². The van der Waals surface area contributed by atoms with Crippen LogP contribution in [0.1, 0.15) is 36.5 Å². The molecule has 0 fully saturated rings. The molecular weight excluding hydrogens is 336 g/mol. The van der Waals surface area contributed by atoms with Crippen LogP contribution in [0.25, 0.3) is 0 Å². The molecule has 0 bridgehead atoms. The molecule has 0 radical (unpaired) electrons. The van der Waals surface area contributed by atoms with Crippen molar-refractivity contribution in [3.63, 3.8) is 0 Å². The summed E-state index contributed by atoms with van der Waals surface area (Å²) in [5.41, 5.74) is 15.0. The average Bonchev–Trinajstić information content (AvgIpc) is 2.59. The molecule has 0 amide bonds. The Morgan fingerprint density at radius 1 is 1.20 bits per heavy atom. The van der Waals surface area contributed by atoms with E-state index in [2.05, 4.69) is 6.92 Å². The van der Waals surface area contributed by atoms with Gasteiger partial charge in [-0.1, -0.05) is 31.5 Å². The Morgan fingerprint density at radius 3 is 2.52 bits per heavy atom. The second-order valence-electron chi connectivity index (χ2n) is 6.66. The molecular formula is C19H24N2O3S. The fourth-order valence-corrected chi connectivity index (χ4v) is 5.34. The molecule has 3 rings (SSSR count). The summed E-state index contributed by atoms with van der Waals surface area (Å²) < 4.78 is 26.7. The lowest BCUT2D eigenvalue weighted by molar-refractivity contribution is 0.107. The lowest BCUT2D eigenvalue weighted by atomic mass is 9.85. The number of hydrogen-bond acceptors (Lipinski definition) is 5. The van der Waals surface area contributed by atoms with Crippen LogP contribution < -0.4 is 11.5 Å². The standard InChI is InChI=1S/C19H24N2O3S/c1-2-3-13-4-9-16(10-5-13)25(23,24)19(21)17-12-15(20)8-6-14(17)7-11-18(19)22/h4-6,8-10,12,18,22H,2-3,7,11,20-21H2,1H3. The minimum absolute atomic E-state index is 0.115. The van der Waals surface area contributed by atoms with E-state index in [1.807, 2.05) is 0 Å². The first-order chi connectivity index (χ1) is 11.8. The van der Waals surface area contributed by atoms with Crippen molar-refractivity contribution in [3.8, 4) is 0 Å². The quantitative estimate of drug-likeness (QED) is 0.724. The third-order valence-electron chi connectivity index (χ3n) is 4.95. The third-order valence-corrected chi connectivity index (χ3v) is 7.23. The van der Waals surface area contributed by atoms with E-state index < -0.39 is 20.8 Å². The van der Waals surface area contributed by atoms with Crippen molar-refractivity contribution in [3.05, 3.63) is 59.2 Å². The largest absolute Gasteiger partial charge is 0.399 e. The van der Waals surface area contributed by atoms with Gasteiger partial charge in [0.1, 0.15) is 0 Å². The fraction of sp³-hybridized carbons (Fsp3) is 0.368. The Bertz CT molecular complexity index is 878. The van der Waals surface area contributed by atoms with Crippen molar-refractivity contribution in [2.24, 2.45) is 5.73 Å². The van der Waals surface area contributed by atoms with E-state index in [1.165, 1.54) is 0 Å². The Morgan fingerprint density at radius 2 is 1.88 bits per heavy atom. The molecule has 2 unspecified atom stereocenters. The van der Waals surface area contributed by atoms with Gasteiger partial charge in [0, 0.05) is 5.69 Å². The smallest absolute Gasteiger partial charge is 0.203 e. The van der Waals surface area contributed by atoms with Gasteiger partial charge in [-0.3, -0.25) is 0 Å². The first kappa shape index (κ1) is 17.9. The van der Waals surface area contributed by atoms with Gasteiger partial charge in [0.2, 0.25) is 9.84 Å². The lowest BCUT2D eigenvalue weighted by Gasteiger charge is -2.39. The lowest BCUT2D eigenvalue weighted by Crippen LogP contribution is -2.56. The number of benzene rings is 2. The normalized spacial score (nSPS) is 23.2. The highest BCUT2D eigenvalue weighted by atomic mass is 32.2. The summed E-state index contributed by atoms with van der Waals surface area (Å²) in [6, 6.07) is 11.8. The minimum atomic E-state index is -4.00. The molecule has 25 heavy (non-hydrogen) atoms. The van der Waals surface area contributed by atoms with Crippen LogP contribution in [0.2, 0.25) is 0 Å². The molecule has 0 heterocycles. The van der Waals surface area contributed by atoms with Gasteiger partial charge in [0.15, 0.2) is 4.87 Å². The molecule has 5 nitrogen and oxygen atoms in total. The van der Waals surface area contributed by atoms with Gasteiger partial charge in [0.05, 0.1) is 11.0 Å². The molecule has 6 heteroatoms. The molecule has 0 saturated carbocycles. The zero-order valence-corrected chi connectivity index (χ0v) is 15.1. The first-order valence-corrected chi connectivity index (χ1v) is 9.98. The number of anilines is 1. The Kier molecular flexibility index (Phi) is 4.62. The fourth-order valence-electron chi connectivity index (χ4n) is 3.50. The van der Waals surface area contributed by atoms with E-state index in [4.69, 9.17) is 11.5 Å². The highest BCUT2D eigenvalue weighted by Gasteiger charge is 2.51. The van der Waals surface area contributed by atoms with Gasteiger partial charge in [-0.2, -0.15) is 0 Å². The molecule has 1 aliphatic carbocycles. The Hall–Kier alpha value is -1.89. The SMILES string of the molecule is CCCc1ccc(S(=O)(=O)C2(N)c3cc(N)ccc3CCC2O)cc1. The van der Waals surface area contributed by atoms with Crippen molar-refractivity contribution in [2.75, 3.05) is 5.73 Å². The average molecular weight is 360 g/mol. The van der Waals surface area contributed by atoms with Gasteiger partial charge in [-0.25, -0.2) is 8.42 Å². The van der Waals surface area contributed by atoms with E-state index in [1.54, 1.807) is 42.5 Å². The molecule has 0 aliphatic heterocycles. The van der Waals surface area contributed by atoms with Gasteiger partial charge in [0.25, 0.3) is 0 Å². The number of hydrogen-bond donors (Lipinski definition) is 3. The maximum Gasteiger partial charge on any atom is 0.203 e. The summed E-state index contributed by atoms with van der Waals surface area (Å²) in [5.74, 6) is 0. The second kappa shape index (κ2) is 6.44. The maximum absolute atomic E-state index is 13.3. The van der Waals surface area contributed by atoms with Crippen LogP contribution in [0, 0.1) is 0 Å². The number of fused-ring (bicyclic) bond motifs is 1. The van der Waals surface area contributed by atoms with Gasteiger partial charge < -0.3 is 16.6 Å². The topological polar surface area (TPSA) is 106 Å². The number of nitrogen functional groups attached to an aromatic ring is 1. The number of aliphatic hydroxyl groups excluding tert-OH is 1. The number of aliphatic hydroxyl groups is 1. The highest BCUT2D eigenvalue weighted by Crippen LogP contribution is 2.41. The Labute approximate surface area is 148 Å². The van der Waals surface area contributed by atoms with E-state index in [-0.39, 0.29) is 4.90 Å². The van der Waals surface area contributed by atoms with Crippen molar-refractivity contribution in [1.82, 2.24) is 0 Å². The number of rotatable bonds is 4. The summed E-state index contributed by atoms with van der Waals surface area (Å²) in [6.45, 7) is 2.07. The molecule has 0 aromatic heterocycles. The number of aryl methyl sites for hydroxylation is 2. The summed E-state index contributed by atoms with van der Waals surface area (Å²) in [7, 11) is -4.00. The van der Waals surface area contributed by atoms with E-state index >= 15 is 0 Å². The van der Waals surface area contributed by atoms with E-state index in [0.29, 0.717) is 24.1 Å². The minimum Gasteiger partial charge on any atom is -0.399 e. The van der Waals surface area contributed by atoms with Crippen LogP contribution in [0.5, 0.6) is 0 Å². The van der Waals surface area contributed by atoms with Crippen LogP contribution in [0.15, 0.2) is 47.4 Å². The molecule has 2 aromatic carbocycles. The van der Waals surface area contributed by atoms with Gasteiger partial charge >= 0.3 is 0 Å². The molecule has 134 valence electrons. The monoisotopic (exact) mass is 360 g/mol. The predicted octanol–water partition coefficient (Wildman–Crippen LogP) is 2.11. The van der Waals surface area contributed by atoms with Crippen LogP contribution in [0.3, 0.4) is 0 Å². The van der Waals surface area contributed by atoms with Crippen molar-refractivity contribution < 1.29 is 13.5 Å². The molecule has 0 saturated heterocycles. The molecule has 2 aromatic rings. The zero-order valence-electron chi connectivity index (χ0n) is 14.3. The van der Waals surface area contributed by atoms with E-state index in [9.17, 15) is 13.5 Å². The van der Waals surface area contributed by atoms with E-state index in [0.717, 1.165) is 24.0 Å². The maximum atomic E-state index is 13.3. The molecule has 0 spiro atoms. The van der Waals surface area contributed by atoms with Gasteiger partial charge in [-0.15, -0.1) is 0 Å². The summed E-state index contributed by atoms with van der Waals surface area (Å²) >= 11 is 0. The van der Waals surface area contributed by atoms with Crippen molar-refractivity contribution in [2.45, 2.75) is 48.5 Å². The summed E-state index contributed by atoms with van der Waals surface area (Å²) in [4.78, 5) is -1.79. The molecule has 5 N–H and O–H groups in total. The summed E-state index contributed by atoms with van der Waals surface area (Å²) in [5, 5.41) is 10.6. The first-order valence-electron chi connectivity index (χ1n) is 8.50. The highest BCUT2D eigenvalue weighted by molar-refractivity contribution is 7.92. The van der Waals surface area contributed by atoms with Crippen LogP contribution in [0.4, 0.5) is 5.69 Å². The van der Waals surface area contributed by atoms with Crippen molar-refractivity contribution >= 4 is 15.5 Å². The van der Waals surface area contributed by atoms with Crippen molar-refractivity contribution in [1.29, 1.82) is 0 Å². The number of sulfone groups is 1. The zero-order chi connectivity index (χ0) is 18.2. The predicted molar refractivity (Wildman–Crippen MR) is 98.7 cm³/mol. The van der Waals surface area contributed by atoms with Gasteiger partial charge in [-0.05, 0) is 60.2 Å². The Balaban J connectivity index is 2.14. The van der Waals surface area contributed by atoms with Crippen LogP contribution in [-0.2, 0) is 27.5 Å². The second-order valence-corrected chi connectivity index (χ2v) is 8.82. The molecule has 2 atom stereocenters. The van der Waals surface area contributed by atoms with Crippen LogP contribution in [-0.4, -0.2) is 19.6 Å². The molecule has 1 aliphatic rings.